The van der Waals surface area contributed by atoms with Gasteiger partial charge >= 0.3 is 5.69 Å². The van der Waals surface area contributed by atoms with Gasteiger partial charge < -0.3 is 9.52 Å². The van der Waals surface area contributed by atoms with Gasteiger partial charge in [0.05, 0.1) is 4.92 Å². The zero-order valence-corrected chi connectivity index (χ0v) is 16.1. The molecule has 0 fully saturated rings. The Kier molecular flexibility index (Phi) is 5.28. The molecule has 0 aliphatic carbocycles. The van der Waals surface area contributed by atoms with Crippen LogP contribution in [0.1, 0.15) is 11.1 Å². The number of rotatable bonds is 5. The van der Waals surface area contributed by atoms with Crippen molar-refractivity contribution >= 4 is 17.8 Å². The molecule has 0 bridgehead atoms. The van der Waals surface area contributed by atoms with Gasteiger partial charge in [0.15, 0.2) is 5.75 Å². The highest BCUT2D eigenvalue weighted by Gasteiger charge is 2.22. The second-order valence-corrected chi connectivity index (χ2v) is 6.59. The van der Waals surface area contributed by atoms with Crippen molar-refractivity contribution in [3.05, 3.63) is 100 Å². The highest BCUT2D eigenvalue weighted by molar-refractivity contribution is 5.90. The van der Waals surface area contributed by atoms with Crippen LogP contribution in [-0.4, -0.2) is 16.2 Å². The van der Waals surface area contributed by atoms with Crippen LogP contribution in [0.15, 0.2) is 88.3 Å². The maximum atomic E-state index is 11.0. The zero-order chi connectivity index (χ0) is 21.8. The zero-order valence-electron chi connectivity index (χ0n) is 16.1. The molecule has 4 aromatic rings. The van der Waals surface area contributed by atoms with Crippen LogP contribution in [0, 0.1) is 21.4 Å². The van der Waals surface area contributed by atoms with Gasteiger partial charge in [-0.2, -0.15) is 5.26 Å². The number of furan rings is 1. The molecule has 0 atom stereocenters. The molecule has 7 heteroatoms. The lowest BCUT2D eigenvalue weighted by molar-refractivity contribution is -0.385. The number of hydrogen-bond acceptors (Lipinski definition) is 6. The predicted octanol–water partition coefficient (Wildman–Crippen LogP) is 5.85. The Morgan fingerprint density at radius 3 is 2.26 bits per heavy atom. The van der Waals surface area contributed by atoms with E-state index in [0.29, 0.717) is 16.9 Å². The number of nitriles is 1. The molecule has 150 valence electrons. The molecule has 1 heterocycles. The average molecular weight is 409 g/mol. The Labute approximate surface area is 177 Å². The van der Waals surface area contributed by atoms with Crippen LogP contribution in [0.5, 0.6) is 5.75 Å². The van der Waals surface area contributed by atoms with E-state index in [1.54, 1.807) is 0 Å². The highest BCUT2D eigenvalue weighted by Crippen LogP contribution is 2.42. The molecule has 0 amide bonds. The summed E-state index contributed by atoms with van der Waals surface area (Å²) in [5.74, 6) is 0.165. The summed E-state index contributed by atoms with van der Waals surface area (Å²) < 4.78 is 6.00. The van der Waals surface area contributed by atoms with Gasteiger partial charge in [-0.1, -0.05) is 60.7 Å². The molecular formula is C24H15N3O4. The topological polar surface area (TPSA) is 113 Å². The third-order valence-corrected chi connectivity index (χ3v) is 4.63. The molecule has 0 spiro atoms. The second-order valence-electron chi connectivity index (χ2n) is 6.59. The molecule has 0 unspecified atom stereocenters. The Morgan fingerprint density at radius 2 is 1.65 bits per heavy atom. The Morgan fingerprint density at radius 1 is 1.00 bits per heavy atom. The van der Waals surface area contributed by atoms with Crippen molar-refractivity contribution in [3.8, 4) is 34.3 Å². The first-order valence-electron chi connectivity index (χ1n) is 9.27. The van der Waals surface area contributed by atoms with Gasteiger partial charge in [0.1, 0.15) is 17.4 Å². The minimum Gasteiger partial charge on any atom is -0.502 e. The summed E-state index contributed by atoms with van der Waals surface area (Å²) >= 11 is 0. The number of aliphatic imine (C=N–C) groups is 1. The molecule has 7 nitrogen and oxygen atoms in total. The Hall–Kier alpha value is -4.70. The Bertz CT molecular complexity index is 1320. The van der Waals surface area contributed by atoms with Crippen LogP contribution in [0.2, 0.25) is 0 Å². The summed E-state index contributed by atoms with van der Waals surface area (Å²) in [6.07, 6.45) is 1.36. The summed E-state index contributed by atoms with van der Waals surface area (Å²) in [5, 5.41) is 30.5. The number of aromatic hydroxyl groups is 1. The highest BCUT2D eigenvalue weighted by atomic mass is 16.6. The van der Waals surface area contributed by atoms with Crippen LogP contribution in [0.4, 0.5) is 11.6 Å². The van der Waals surface area contributed by atoms with Crippen molar-refractivity contribution in [1.82, 2.24) is 0 Å². The van der Waals surface area contributed by atoms with E-state index in [-0.39, 0.29) is 11.4 Å². The van der Waals surface area contributed by atoms with Gasteiger partial charge in [0.25, 0.3) is 0 Å². The fourth-order valence-electron chi connectivity index (χ4n) is 3.19. The number of phenolic OH excluding ortho intramolecular Hbond substituents is 1. The number of hydrogen-bond donors (Lipinski definition) is 1. The maximum absolute atomic E-state index is 11.0. The van der Waals surface area contributed by atoms with Crippen molar-refractivity contribution in [2.45, 2.75) is 0 Å². The third-order valence-electron chi connectivity index (χ3n) is 4.63. The summed E-state index contributed by atoms with van der Waals surface area (Å²) in [6.45, 7) is 0. The van der Waals surface area contributed by atoms with Gasteiger partial charge in [0.2, 0.25) is 5.88 Å². The molecule has 0 aliphatic rings. The van der Waals surface area contributed by atoms with Gasteiger partial charge in [-0.3, -0.25) is 10.1 Å². The van der Waals surface area contributed by atoms with Crippen LogP contribution in [0.25, 0.3) is 22.5 Å². The first-order chi connectivity index (χ1) is 15.1. The van der Waals surface area contributed by atoms with E-state index in [9.17, 15) is 20.5 Å². The molecule has 3 aromatic carbocycles. The van der Waals surface area contributed by atoms with Crippen LogP contribution >= 0.6 is 0 Å². The first kappa shape index (κ1) is 19.6. The van der Waals surface area contributed by atoms with Crippen molar-refractivity contribution in [1.29, 1.82) is 5.26 Å². The minimum absolute atomic E-state index is 0.0935. The predicted molar refractivity (Wildman–Crippen MR) is 116 cm³/mol. The van der Waals surface area contributed by atoms with Crippen molar-refractivity contribution < 1.29 is 14.4 Å². The lowest BCUT2D eigenvalue weighted by Gasteiger charge is -2.03. The molecule has 1 aromatic heterocycles. The Balaban J connectivity index is 1.85. The van der Waals surface area contributed by atoms with Gasteiger partial charge in [-0.05, 0) is 23.3 Å². The number of nitrogens with zero attached hydrogens (tertiary/aromatic N) is 3. The third kappa shape index (κ3) is 3.91. The lowest BCUT2D eigenvalue weighted by atomic mass is 9.98. The van der Waals surface area contributed by atoms with E-state index in [2.05, 4.69) is 11.1 Å². The molecule has 0 saturated heterocycles. The van der Waals surface area contributed by atoms with E-state index >= 15 is 0 Å². The number of benzene rings is 3. The van der Waals surface area contributed by atoms with E-state index < -0.39 is 16.4 Å². The molecule has 0 radical (unpaired) electrons. The summed E-state index contributed by atoms with van der Waals surface area (Å²) in [6, 6.07) is 24.9. The number of nitro benzene ring substituents is 1. The van der Waals surface area contributed by atoms with E-state index in [1.807, 2.05) is 60.7 Å². The summed E-state index contributed by atoms with van der Waals surface area (Å²) in [5.41, 5.74) is 2.43. The SMILES string of the molecule is N#Cc1c(/N=C/c2ccc(O)c([N+](=O)[O-])c2)oc(-c2ccccc2)c1-c1ccccc1. The molecule has 0 aliphatic heterocycles. The van der Waals surface area contributed by atoms with Crippen molar-refractivity contribution in [2.75, 3.05) is 0 Å². The van der Waals surface area contributed by atoms with Crippen molar-refractivity contribution in [2.24, 2.45) is 4.99 Å². The monoisotopic (exact) mass is 409 g/mol. The number of phenols is 1. The van der Waals surface area contributed by atoms with Gasteiger partial charge in [0, 0.05) is 23.4 Å². The quantitative estimate of drug-likeness (QED) is 0.252. The first-order valence-corrected chi connectivity index (χ1v) is 9.27. The maximum Gasteiger partial charge on any atom is 0.311 e. The minimum atomic E-state index is -0.679. The second kappa shape index (κ2) is 8.35. The van der Waals surface area contributed by atoms with Crippen molar-refractivity contribution in [3.63, 3.8) is 0 Å². The van der Waals surface area contributed by atoms with E-state index in [0.717, 1.165) is 11.1 Å². The number of nitro groups is 1. The fourth-order valence-corrected chi connectivity index (χ4v) is 3.19. The molecule has 31 heavy (non-hydrogen) atoms. The van der Waals surface area contributed by atoms with Crippen LogP contribution in [-0.2, 0) is 0 Å². The molecular weight excluding hydrogens is 394 g/mol. The molecule has 1 N–H and O–H groups in total. The molecule has 4 rings (SSSR count). The normalized spacial score (nSPS) is 10.8. The fraction of sp³-hybridized carbons (Fsp3) is 0. The van der Waals surface area contributed by atoms with Crippen LogP contribution in [0.3, 0.4) is 0 Å². The standard InChI is InChI=1S/C24H15N3O4/c25-14-19-22(17-7-3-1-4-8-17)23(18-9-5-2-6-10-18)31-24(19)26-15-16-11-12-21(28)20(13-16)27(29)30/h1-13,15,28H/b26-15+. The summed E-state index contributed by atoms with van der Waals surface area (Å²) in [7, 11) is 0. The van der Waals surface area contributed by atoms with E-state index in [4.69, 9.17) is 4.42 Å². The van der Waals surface area contributed by atoms with E-state index in [1.165, 1.54) is 24.4 Å². The van der Waals surface area contributed by atoms with Crippen LogP contribution < -0.4 is 0 Å². The largest absolute Gasteiger partial charge is 0.502 e. The van der Waals surface area contributed by atoms with Gasteiger partial charge in [-0.15, -0.1) is 0 Å². The lowest BCUT2D eigenvalue weighted by Crippen LogP contribution is -1.90. The van der Waals surface area contributed by atoms with Gasteiger partial charge in [-0.25, -0.2) is 4.99 Å². The summed E-state index contributed by atoms with van der Waals surface area (Å²) in [4.78, 5) is 14.7. The smallest absolute Gasteiger partial charge is 0.311 e. The molecule has 0 saturated carbocycles. The average Bonchev–Trinajstić information content (AvgIpc) is 3.18.